The zero-order chi connectivity index (χ0) is 11.5. The second-order valence-corrected chi connectivity index (χ2v) is 4.01. The molecule has 16 heavy (non-hydrogen) atoms. The number of hydrogen-bond acceptors (Lipinski definition) is 4. The van der Waals surface area contributed by atoms with E-state index in [0.717, 1.165) is 5.56 Å². The van der Waals surface area contributed by atoms with E-state index in [0.29, 0.717) is 19.5 Å². The predicted octanol–water partition coefficient (Wildman–Crippen LogP) is 0.856. The highest BCUT2D eigenvalue weighted by Crippen LogP contribution is 2.20. The van der Waals surface area contributed by atoms with E-state index in [1.54, 1.807) is 4.90 Å². The van der Waals surface area contributed by atoms with E-state index >= 15 is 0 Å². The summed E-state index contributed by atoms with van der Waals surface area (Å²) in [4.78, 5) is 12.0. The highest BCUT2D eigenvalue weighted by atomic mass is 16.6. The quantitative estimate of drug-likeness (QED) is 0.608. The van der Waals surface area contributed by atoms with Gasteiger partial charge >= 0.3 is 0 Å². The van der Waals surface area contributed by atoms with Crippen molar-refractivity contribution in [2.45, 2.75) is 25.2 Å². The number of nitro groups is 1. The number of rotatable bonds is 3. The number of benzene rings is 1. The Balaban J connectivity index is 2.00. The summed E-state index contributed by atoms with van der Waals surface area (Å²) in [5.41, 5.74) is 1.06. The summed E-state index contributed by atoms with van der Waals surface area (Å²) in [6, 6.07) is 8.82. The number of likely N-dealkylation sites (tertiary alicyclic amines) is 1. The van der Waals surface area contributed by atoms with Gasteiger partial charge in [0, 0.05) is 24.4 Å². The average molecular weight is 222 g/mol. The van der Waals surface area contributed by atoms with Gasteiger partial charge in [-0.3, -0.25) is 15.0 Å². The van der Waals surface area contributed by atoms with Crippen LogP contribution in [0.2, 0.25) is 0 Å². The first-order valence-corrected chi connectivity index (χ1v) is 5.28. The van der Waals surface area contributed by atoms with Crippen LogP contribution in [-0.2, 0) is 6.54 Å². The molecule has 0 aromatic heterocycles. The van der Waals surface area contributed by atoms with E-state index in [1.165, 1.54) is 0 Å². The van der Waals surface area contributed by atoms with Gasteiger partial charge in [0.15, 0.2) is 6.23 Å². The van der Waals surface area contributed by atoms with E-state index in [1.807, 2.05) is 30.3 Å². The Bertz CT molecular complexity index is 369. The zero-order valence-corrected chi connectivity index (χ0v) is 8.82. The van der Waals surface area contributed by atoms with Crippen molar-refractivity contribution in [2.24, 2.45) is 0 Å². The van der Waals surface area contributed by atoms with Crippen molar-refractivity contribution in [1.29, 1.82) is 0 Å². The topological polar surface area (TPSA) is 66.6 Å². The maximum absolute atomic E-state index is 10.6. The van der Waals surface area contributed by atoms with Crippen LogP contribution in [0.3, 0.4) is 0 Å². The average Bonchev–Trinajstić information content (AvgIpc) is 2.62. The van der Waals surface area contributed by atoms with Crippen LogP contribution in [0.5, 0.6) is 0 Å². The van der Waals surface area contributed by atoms with Gasteiger partial charge in [0.25, 0.3) is 6.04 Å². The monoisotopic (exact) mass is 222 g/mol. The minimum Gasteiger partial charge on any atom is -0.372 e. The van der Waals surface area contributed by atoms with E-state index in [9.17, 15) is 15.2 Å². The van der Waals surface area contributed by atoms with Crippen LogP contribution in [0, 0.1) is 10.1 Å². The molecule has 1 aliphatic heterocycles. The number of aliphatic hydroxyl groups excluding tert-OH is 1. The molecule has 1 aromatic rings. The van der Waals surface area contributed by atoms with Crippen LogP contribution in [0.25, 0.3) is 0 Å². The molecule has 5 nitrogen and oxygen atoms in total. The van der Waals surface area contributed by atoms with E-state index in [-0.39, 0.29) is 0 Å². The highest BCUT2D eigenvalue weighted by molar-refractivity contribution is 5.14. The smallest absolute Gasteiger partial charge is 0.253 e. The molecule has 2 atom stereocenters. The van der Waals surface area contributed by atoms with Gasteiger partial charge in [-0.25, -0.2) is 0 Å². The third-order valence-corrected chi connectivity index (χ3v) is 2.93. The lowest BCUT2D eigenvalue weighted by Crippen LogP contribution is -2.38. The number of aliphatic hydroxyl groups is 1. The van der Waals surface area contributed by atoms with Crippen LogP contribution in [-0.4, -0.2) is 33.7 Å². The SMILES string of the molecule is O=[N+]([O-])[C@@H]1CCN(Cc2ccccc2)[C@@H]1O. The molecule has 0 amide bonds. The van der Waals surface area contributed by atoms with Crippen LogP contribution in [0.4, 0.5) is 0 Å². The van der Waals surface area contributed by atoms with E-state index in [4.69, 9.17) is 0 Å². The Kier molecular flexibility index (Phi) is 3.17. The largest absolute Gasteiger partial charge is 0.372 e. The first-order valence-electron chi connectivity index (χ1n) is 5.28. The molecule has 86 valence electrons. The summed E-state index contributed by atoms with van der Waals surface area (Å²) in [7, 11) is 0. The van der Waals surface area contributed by atoms with Crippen molar-refractivity contribution in [2.75, 3.05) is 6.54 Å². The Morgan fingerprint density at radius 3 is 2.69 bits per heavy atom. The summed E-state index contributed by atoms with van der Waals surface area (Å²) in [6.45, 7) is 1.13. The molecule has 2 rings (SSSR count). The third kappa shape index (κ3) is 2.20. The Morgan fingerprint density at radius 2 is 2.12 bits per heavy atom. The fourth-order valence-electron chi connectivity index (χ4n) is 2.03. The van der Waals surface area contributed by atoms with Gasteiger partial charge in [0.1, 0.15) is 0 Å². The van der Waals surface area contributed by atoms with Gasteiger partial charge < -0.3 is 5.11 Å². The fraction of sp³-hybridized carbons (Fsp3) is 0.455. The summed E-state index contributed by atoms with van der Waals surface area (Å²) < 4.78 is 0. The van der Waals surface area contributed by atoms with Gasteiger partial charge in [0.2, 0.25) is 0 Å². The first kappa shape index (κ1) is 11.0. The van der Waals surface area contributed by atoms with Crippen LogP contribution < -0.4 is 0 Å². The molecule has 5 heteroatoms. The van der Waals surface area contributed by atoms with Crippen LogP contribution in [0.1, 0.15) is 12.0 Å². The van der Waals surface area contributed by atoms with Crippen molar-refractivity contribution in [3.63, 3.8) is 0 Å². The minimum atomic E-state index is -0.963. The molecule has 0 radical (unpaired) electrons. The molecule has 1 fully saturated rings. The normalized spacial score (nSPS) is 25.8. The minimum absolute atomic E-state index is 0.393. The maximum atomic E-state index is 10.6. The van der Waals surface area contributed by atoms with Gasteiger partial charge in [0.05, 0.1) is 0 Å². The molecule has 1 saturated heterocycles. The molecule has 0 bridgehead atoms. The second kappa shape index (κ2) is 4.59. The first-order chi connectivity index (χ1) is 7.68. The van der Waals surface area contributed by atoms with Gasteiger partial charge in [-0.2, -0.15) is 0 Å². The molecule has 1 aliphatic rings. The molecule has 0 unspecified atom stereocenters. The van der Waals surface area contributed by atoms with Gasteiger partial charge in [-0.05, 0) is 5.56 Å². The van der Waals surface area contributed by atoms with Gasteiger partial charge in [-0.1, -0.05) is 30.3 Å². The molecule has 0 aliphatic carbocycles. The lowest BCUT2D eigenvalue weighted by Gasteiger charge is -2.19. The van der Waals surface area contributed by atoms with Crippen molar-refractivity contribution in [3.05, 3.63) is 46.0 Å². The van der Waals surface area contributed by atoms with E-state index in [2.05, 4.69) is 0 Å². The van der Waals surface area contributed by atoms with Crippen molar-refractivity contribution < 1.29 is 10.0 Å². The zero-order valence-electron chi connectivity index (χ0n) is 8.82. The fourth-order valence-corrected chi connectivity index (χ4v) is 2.03. The molecule has 0 spiro atoms. The Hall–Kier alpha value is -1.46. The molecule has 1 aromatic carbocycles. The number of nitrogens with zero attached hydrogens (tertiary/aromatic N) is 2. The lowest BCUT2D eigenvalue weighted by atomic mass is 10.2. The summed E-state index contributed by atoms with van der Waals surface area (Å²) in [5, 5.41) is 20.4. The van der Waals surface area contributed by atoms with Crippen molar-refractivity contribution in [3.8, 4) is 0 Å². The summed E-state index contributed by atoms with van der Waals surface area (Å²) in [5.74, 6) is 0. The summed E-state index contributed by atoms with van der Waals surface area (Å²) >= 11 is 0. The molecule has 1 heterocycles. The Labute approximate surface area is 93.5 Å². The lowest BCUT2D eigenvalue weighted by molar-refractivity contribution is -0.533. The predicted molar refractivity (Wildman–Crippen MR) is 58.3 cm³/mol. The molecular formula is C11H14N2O3. The number of hydrogen-bond donors (Lipinski definition) is 1. The Morgan fingerprint density at radius 1 is 1.44 bits per heavy atom. The highest BCUT2D eigenvalue weighted by Gasteiger charge is 2.40. The van der Waals surface area contributed by atoms with Crippen LogP contribution in [0.15, 0.2) is 30.3 Å². The summed E-state index contributed by atoms with van der Waals surface area (Å²) in [6.07, 6.45) is -0.545. The van der Waals surface area contributed by atoms with Crippen LogP contribution >= 0.6 is 0 Å². The van der Waals surface area contributed by atoms with Gasteiger partial charge in [-0.15, -0.1) is 0 Å². The third-order valence-electron chi connectivity index (χ3n) is 2.93. The van der Waals surface area contributed by atoms with Crippen molar-refractivity contribution >= 4 is 0 Å². The maximum Gasteiger partial charge on any atom is 0.253 e. The van der Waals surface area contributed by atoms with Crippen molar-refractivity contribution in [1.82, 2.24) is 4.90 Å². The standard InChI is InChI=1S/C11H14N2O3/c14-11-10(13(15)16)6-7-12(11)8-9-4-2-1-3-5-9/h1-5,10-11,14H,6-8H2/t10-,11-/m1/s1. The van der Waals surface area contributed by atoms with E-state index < -0.39 is 17.2 Å². The molecular weight excluding hydrogens is 208 g/mol. The molecule has 1 N–H and O–H groups in total. The second-order valence-electron chi connectivity index (χ2n) is 4.01. The molecule has 0 saturated carbocycles.